The molecule has 150 valence electrons. The Hall–Kier alpha value is -2.08. The van der Waals surface area contributed by atoms with E-state index in [0.717, 1.165) is 17.9 Å². The summed E-state index contributed by atoms with van der Waals surface area (Å²) in [5.74, 6) is 0.694. The van der Waals surface area contributed by atoms with Crippen LogP contribution in [0.1, 0.15) is 34.8 Å². The number of ketones is 1. The fourth-order valence-corrected chi connectivity index (χ4v) is 3.49. The highest BCUT2D eigenvalue weighted by molar-refractivity contribution is 6.30. The Morgan fingerprint density at radius 3 is 2.57 bits per heavy atom. The summed E-state index contributed by atoms with van der Waals surface area (Å²) in [6.45, 7) is 2.01. The zero-order valence-electron chi connectivity index (χ0n) is 15.7. The molecular weight excluding hydrogens is 399 g/mol. The quantitative estimate of drug-likeness (QED) is 0.716. The molecule has 28 heavy (non-hydrogen) atoms. The summed E-state index contributed by atoms with van der Waals surface area (Å²) in [6, 6.07) is 14.4. The second-order valence-corrected chi connectivity index (χ2v) is 6.92. The van der Waals surface area contributed by atoms with Crippen molar-refractivity contribution in [1.82, 2.24) is 10.2 Å². The van der Waals surface area contributed by atoms with E-state index in [2.05, 4.69) is 5.32 Å². The molecule has 1 aliphatic rings. The average molecular weight is 423 g/mol. The number of ether oxygens (including phenoxy) is 1. The number of methoxy groups -OCH3 is 1. The number of carbonyl (C=O) groups excluding carboxylic acids is 2. The third-order valence-electron chi connectivity index (χ3n) is 4.79. The monoisotopic (exact) mass is 422 g/mol. The van der Waals surface area contributed by atoms with Gasteiger partial charge < -0.3 is 15.0 Å². The van der Waals surface area contributed by atoms with Gasteiger partial charge in [-0.25, -0.2) is 0 Å². The van der Waals surface area contributed by atoms with Gasteiger partial charge in [-0.3, -0.25) is 9.59 Å². The van der Waals surface area contributed by atoms with E-state index in [1.807, 2.05) is 29.2 Å². The van der Waals surface area contributed by atoms with E-state index in [0.29, 0.717) is 23.7 Å². The first-order valence-electron chi connectivity index (χ1n) is 9.02. The molecule has 0 saturated carbocycles. The molecule has 3 rings (SSSR count). The maximum Gasteiger partial charge on any atom is 0.223 e. The molecule has 0 aliphatic carbocycles. The highest BCUT2D eigenvalue weighted by Gasteiger charge is 2.29. The van der Waals surface area contributed by atoms with Gasteiger partial charge in [-0.1, -0.05) is 29.8 Å². The Labute approximate surface area is 176 Å². The van der Waals surface area contributed by atoms with E-state index in [1.54, 1.807) is 31.4 Å². The Bertz CT molecular complexity index is 812. The number of nitrogens with one attached hydrogen (secondary N) is 1. The Morgan fingerprint density at radius 1 is 1.14 bits per heavy atom. The minimum Gasteiger partial charge on any atom is -0.496 e. The van der Waals surface area contributed by atoms with Crippen LogP contribution in [0.5, 0.6) is 5.75 Å². The summed E-state index contributed by atoms with van der Waals surface area (Å²) in [5.41, 5.74) is 1.55. The van der Waals surface area contributed by atoms with Crippen molar-refractivity contribution in [2.24, 2.45) is 0 Å². The number of para-hydroxylation sites is 1. The molecule has 1 atom stereocenters. The molecule has 5 nitrogen and oxygen atoms in total. The molecule has 0 bridgehead atoms. The summed E-state index contributed by atoms with van der Waals surface area (Å²) in [5, 5.41) is 3.92. The van der Waals surface area contributed by atoms with Crippen LogP contribution in [0.2, 0.25) is 5.02 Å². The lowest BCUT2D eigenvalue weighted by molar-refractivity contribution is -0.134. The number of halogens is 2. The Balaban J connectivity index is 0.00000280. The van der Waals surface area contributed by atoms with Crippen LogP contribution in [-0.4, -0.2) is 43.3 Å². The third kappa shape index (κ3) is 5.25. The van der Waals surface area contributed by atoms with Crippen molar-refractivity contribution < 1.29 is 14.3 Å². The summed E-state index contributed by atoms with van der Waals surface area (Å²) in [6.07, 6.45) is 0.371. The summed E-state index contributed by atoms with van der Waals surface area (Å²) in [4.78, 5) is 27.1. The summed E-state index contributed by atoms with van der Waals surface area (Å²) >= 11 is 5.86. The van der Waals surface area contributed by atoms with Gasteiger partial charge in [-0.2, -0.15) is 0 Å². The first kappa shape index (κ1) is 22.2. The van der Waals surface area contributed by atoms with Crippen molar-refractivity contribution in [2.45, 2.75) is 18.9 Å². The van der Waals surface area contributed by atoms with Gasteiger partial charge >= 0.3 is 0 Å². The molecule has 0 radical (unpaired) electrons. The van der Waals surface area contributed by atoms with Crippen LogP contribution >= 0.6 is 24.0 Å². The Kier molecular flexibility index (Phi) is 8.30. The fourth-order valence-electron chi connectivity index (χ4n) is 3.37. The maximum absolute atomic E-state index is 12.9. The van der Waals surface area contributed by atoms with E-state index < -0.39 is 0 Å². The number of hydrogen-bond acceptors (Lipinski definition) is 4. The van der Waals surface area contributed by atoms with Crippen LogP contribution in [0.25, 0.3) is 0 Å². The molecule has 0 aromatic heterocycles. The zero-order valence-corrected chi connectivity index (χ0v) is 17.3. The van der Waals surface area contributed by atoms with Crippen molar-refractivity contribution >= 4 is 35.7 Å². The van der Waals surface area contributed by atoms with Gasteiger partial charge in [0.2, 0.25) is 5.91 Å². The van der Waals surface area contributed by atoms with Crippen molar-refractivity contribution in [3.05, 3.63) is 64.7 Å². The highest BCUT2D eigenvalue weighted by atomic mass is 35.5. The predicted molar refractivity (Wildman–Crippen MR) is 113 cm³/mol. The molecule has 1 unspecified atom stereocenters. The first-order chi connectivity index (χ1) is 13.1. The summed E-state index contributed by atoms with van der Waals surface area (Å²) < 4.78 is 5.46. The topological polar surface area (TPSA) is 58.6 Å². The second-order valence-electron chi connectivity index (χ2n) is 6.48. The van der Waals surface area contributed by atoms with Crippen LogP contribution in [-0.2, 0) is 4.79 Å². The van der Waals surface area contributed by atoms with Gasteiger partial charge in [-0.05, 0) is 30.3 Å². The van der Waals surface area contributed by atoms with Crippen LogP contribution in [0, 0.1) is 0 Å². The van der Waals surface area contributed by atoms with E-state index in [-0.39, 0.29) is 43.0 Å². The van der Waals surface area contributed by atoms with Crippen LogP contribution in [0.3, 0.4) is 0 Å². The standard InChI is InChI=1S/C21H23ClN2O3.ClH/c1-27-20-5-3-2-4-17(20)18-14-23-12-13-24(18)21(26)11-10-19(25)15-6-8-16(22)9-7-15;/h2-9,18,23H,10-14H2,1H3;1H. The number of Topliss-reactive ketones (excluding diaryl/α,β-unsaturated/α-hetero) is 1. The van der Waals surface area contributed by atoms with Crippen molar-refractivity contribution in [2.75, 3.05) is 26.7 Å². The number of hydrogen-bond donors (Lipinski definition) is 1. The molecular formula is C21H24Cl2N2O3. The lowest BCUT2D eigenvalue weighted by Crippen LogP contribution is -2.48. The van der Waals surface area contributed by atoms with E-state index in [1.165, 1.54) is 0 Å². The third-order valence-corrected chi connectivity index (χ3v) is 5.05. The van der Waals surface area contributed by atoms with Crippen LogP contribution < -0.4 is 10.1 Å². The number of benzene rings is 2. The van der Waals surface area contributed by atoms with Gasteiger partial charge in [0.15, 0.2) is 5.78 Å². The molecule has 0 spiro atoms. The average Bonchev–Trinajstić information content (AvgIpc) is 2.72. The molecule has 1 heterocycles. The second kappa shape index (κ2) is 10.5. The lowest BCUT2D eigenvalue weighted by atomic mass is 10.0. The minimum atomic E-state index is -0.104. The van der Waals surface area contributed by atoms with Gasteiger partial charge in [0.1, 0.15) is 5.75 Å². The lowest BCUT2D eigenvalue weighted by Gasteiger charge is -2.37. The molecule has 2 aromatic rings. The van der Waals surface area contributed by atoms with E-state index in [9.17, 15) is 9.59 Å². The van der Waals surface area contributed by atoms with Gasteiger partial charge in [0, 0.05) is 48.6 Å². The van der Waals surface area contributed by atoms with Gasteiger partial charge in [0.05, 0.1) is 13.2 Å². The van der Waals surface area contributed by atoms with Crippen LogP contribution in [0.4, 0.5) is 0 Å². The number of carbonyl (C=O) groups is 2. The molecule has 1 fully saturated rings. The molecule has 7 heteroatoms. The minimum absolute atomic E-state index is 0. The molecule has 2 aromatic carbocycles. The van der Waals surface area contributed by atoms with Crippen molar-refractivity contribution in [3.8, 4) is 5.75 Å². The number of amides is 1. The van der Waals surface area contributed by atoms with Gasteiger partial charge in [-0.15, -0.1) is 12.4 Å². The van der Waals surface area contributed by atoms with Crippen LogP contribution in [0.15, 0.2) is 48.5 Å². The predicted octanol–water partition coefficient (Wildman–Crippen LogP) is 3.91. The SMILES string of the molecule is COc1ccccc1C1CNCCN1C(=O)CCC(=O)c1ccc(Cl)cc1.Cl. The summed E-state index contributed by atoms with van der Waals surface area (Å²) in [7, 11) is 1.63. The Morgan fingerprint density at radius 2 is 1.86 bits per heavy atom. The van der Waals surface area contributed by atoms with E-state index in [4.69, 9.17) is 16.3 Å². The molecule has 1 amide bonds. The molecule has 1 N–H and O–H groups in total. The van der Waals surface area contributed by atoms with Gasteiger partial charge in [0.25, 0.3) is 0 Å². The smallest absolute Gasteiger partial charge is 0.223 e. The number of nitrogens with zero attached hydrogens (tertiary/aromatic N) is 1. The molecule has 1 saturated heterocycles. The highest BCUT2D eigenvalue weighted by Crippen LogP contribution is 2.30. The maximum atomic E-state index is 12.9. The molecule has 1 aliphatic heterocycles. The first-order valence-corrected chi connectivity index (χ1v) is 9.40. The largest absolute Gasteiger partial charge is 0.496 e. The number of piperazine rings is 1. The zero-order chi connectivity index (χ0) is 19.2. The van der Waals surface area contributed by atoms with E-state index >= 15 is 0 Å². The number of rotatable bonds is 6. The normalized spacial score (nSPS) is 16.2. The van der Waals surface area contributed by atoms with Crippen molar-refractivity contribution in [3.63, 3.8) is 0 Å². The van der Waals surface area contributed by atoms with Crippen molar-refractivity contribution in [1.29, 1.82) is 0 Å². The fraction of sp³-hybridized carbons (Fsp3) is 0.333.